The molecule has 5 rings (SSSR count). The van der Waals surface area contributed by atoms with Gasteiger partial charge in [-0.3, -0.25) is 18.5 Å². The van der Waals surface area contributed by atoms with Crippen molar-refractivity contribution in [2.24, 2.45) is 7.05 Å². The average Bonchev–Trinajstić information content (AvgIpc) is 3.49. The van der Waals surface area contributed by atoms with E-state index < -0.39 is 22.9 Å². The van der Waals surface area contributed by atoms with E-state index in [4.69, 9.17) is 9.72 Å². The number of nitrogens with zero attached hydrogens (tertiary/aromatic N) is 6. The van der Waals surface area contributed by atoms with Crippen LogP contribution in [0.5, 0.6) is 0 Å². The average molecular weight is 546 g/mol. The predicted octanol–water partition coefficient (Wildman–Crippen LogP) is 2.71. The molecule has 5 heterocycles. The summed E-state index contributed by atoms with van der Waals surface area (Å²) in [5.74, 6) is 6.51. The predicted molar refractivity (Wildman–Crippen MR) is 154 cm³/mol. The number of ether oxygens (including phenoxy) is 1. The Balaban J connectivity index is 1.54. The summed E-state index contributed by atoms with van der Waals surface area (Å²) in [5, 5.41) is 2.96. The Hall–Kier alpha value is -4.46. The number of carbonyl (C=O) groups is 1. The Labute approximate surface area is 232 Å². The molecular weight excluding hydrogens is 510 g/mol. The third kappa shape index (κ3) is 5.34. The van der Waals surface area contributed by atoms with Gasteiger partial charge in [-0.15, -0.1) is 5.92 Å². The highest BCUT2D eigenvalue weighted by Gasteiger charge is 2.29. The number of nitrogens with one attached hydrogen (secondary N) is 1. The second kappa shape index (κ2) is 10.6. The topological polar surface area (TPSA) is 108 Å². The largest absolute Gasteiger partial charge is 0.444 e. The molecule has 4 aromatic heterocycles. The summed E-state index contributed by atoms with van der Waals surface area (Å²) < 4.78 is 11.9. The van der Waals surface area contributed by atoms with Gasteiger partial charge in [0, 0.05) is 44.1 Å². The van der Waals surface area contributed by atoms with Crippen molar-refractivity contribution in [2.75, 3.05) is 18.0 Å². The molecule has 0 saturated carbocycles. The van der Waals surface area contributed by atoms with Gasteiger partial charge in [0.25, 0.3) is 5.56 Å². The van der Waals surface area contributed by atoms with E-state index in [-0.39, 0.29) is 19.1 Å². The standard InChI is InChI=1S/C29H35N7O4/c1-6-7-15-35-23-24(31-26(35)34-14-10-11-21(19-34)30-27(38)40-29(2,3)4)32(5)28(39)36(25(23)37)18-20-16-22-12-8-9-13-33(22)17-20/h8-9,12-13,16-17,21H,10-11,14-15,18-19H2,1-5H3,(H,30,38). The van der Waals surface area contributed by atoms with Crippen molar-refractivity contribution in [2.45, 2.75) is 65.3 Å². The van der Waals surface area contributed by atoms with Crippen LogP contribution in [-0.2, 0) is 24.9 Å². The summed E-state index contributed by atoms with van der Waals surface area (Å²) in [6.07, 6.45) is 4.99. The van der Waals surface area contributed by atoms with E-state index in [1.165, 1.54) is 9.13 Å². The summed E-state index contributed by atoms with van der Waals surface area (Å²) >= 11 is 0. The molecule has 1 saturated heterocycles. The Morgan fingerprint density at radius 1 is 1.23 bits per heavy atom. The number of fused-ring (bicyclic) bond motifs is 2. The number of hydrogen-bond acceptors (Lipinski definition) is 6. The number of hydrogen-bond donors (Lipinski definition) is 1. The van der Waals surface area contributed by atoms with Crippen LogP contribution in [0.25, 0.3) is 16.7 Å². The fourth-order valence-corrected chi connectivity index (χ4v) is 5.18. The first-order chi connectivity index (χ1) is 19.1. The van der Waals surface area contributed by atoms with Gasteiger partial charge in [0.05, 0.1) is 13.1 Å². The van der Waals surface area contributed by atoms with E-state index in [2.05, 4.69) is 17.2 Å². The highest BCUT2D eigenvalue weighted by molar-refractivity contribution is 5.75. The van der Waals surface area contributed by atoms with Crippen LogP contribution < -0.4 is 21.5 Å². The summed E-state index contributed by atoms with van der Waals surface area (Å²) in [4.78, 5) is 46.5. The van der Waals surface area contributed by atoms with Crippen LogP contribution in [0.1, 0.15) is 46.1 Å². The maximum Gasteiger partial charge on any atom is 0.407 e. The number of aromatic nitrogens is 5. The second-order valence-electron chi connectivity index (χ2n) is 11.1. The molecule has 11 heteroatoms. The van der Waals surface area contributed by atoms with E-state index in [1.807, 2.05) is 66.7 Å². The van der Waals surface area contributed by atoms with Gasteiger partial charge in [0.1, 0.15) is 5.60 Å². The molecule has 1 aliphatic heterocycles. The Morgan fingerprint density at radius 2 is 2.02 bits per heavy atom. The van der Waals surface area contributed by atoms with Gasteiger partial charge in [-0.2, -0.15) is 4.98 Å². The van der Waals surface area contributed by atoms with Crippen molar-refractivity contribution in [1.29, 1.82) is 0 Å². The normalized spacial score (nSPS) is 15.7. The molecular formula is C29H35N7O4. The van der Waals surface area contributed by atoms with Crippen molar-refractivity contribution in [3.05, 3.63) is 63.1 Å². The molecule has 1 N–H and O–H groups in total. The second-order valence-corrected chi connectivity index (χ2v) is 11.1. The number of anilines is 1. The number of piperidine rings is 1. The molecule has 4 aromatic rings. The molecule has 0 aliphatic carbocycles. The fraction of sp³-hybridized carbons (Fsp3) is 0.448. The molecule has 0 bridgehead atoms. The van der Waals surface area contributed by atoms with Crippen molar-refractivity contribution >= 4 is 28.7 Å². The Kier molecular flexibility index (Phi) is 7.19. The van der Waals surface area contributed by atoms with Crippen molar-refractivity contribution in [3.63, 3.8) is 0 Å². The SMILES string of the molecule is CC#CCn1c(N2CCCC(NC(=O)OC(C)(C)C)C2)nc2c1c(=O)n(Cc1cc3ccccn3c1)c(=O)n2C. The van der Waals surface area contributed by atoms with Crippen LogP contribution >= 0.6 is 0 Å². The quantitative estimate of drug-likeness (QED) is 0.387. The van der Waals surface area contributed by atoms with Crippen LogP contribution in [0.3, 0.4) is 0 Å². The molecule has 0 spiro atoms. The molecule has 1 aliphatic rings. The van der Waals surface area contributed by atoms with Gasteiger partial charge in [0.2, 0.25) is 5.95 Å². The summed E-state index contributed by atoms with van der Waals surface area (Å²) in [6, 6.07) is 7.66. The molecule has 1 fully saturated rings. The van der Waals surface area contributed by atoms with Gasteiger partial charge in [-0.25, -0.2) is 9.59 Å². The van der Waals surface area contributed by atoms with E-state index >= 15 is 0 Å². The number of imidazole rings is 1. The molecule has 0 aromatic carbocycles. The molecule has 40 heavy (non-hydrogen) atoms. The lowest BCUT2D eigenvalue weighted by Crippen LogP contribution is -2.49. The molecule has 1 atom stereocenters. The number of pyridine rings is 1. The molecule has 1 amide bonds. The van der Waals surface area contributed by atoms with Crippen LogP contribution in [0.4, 0.5) is 10.7 Å². The zero-order valence-corrected chi connectivity index (χ0v) is 23.6. The van der Waals surface area contributed by atoms with Gasteiger partial charge in [0.15, 0.2) is 11.2 Å². The van der Waals surface area contributed by atoms with Crippen LogP contribution in [0.2, 0.25) is 0 Å². The number of carbonyl (C=O) groups excluding carboxylic acids is 1. The summed E-state index contributed by atoms with van der Waals surface area (Å²) in [7, 11) is 1.63. The minimum absolute atomic E-state index is 0.134. The maximum absolute atomic E-state index is 13.9. The zero-order valence-electron chi connectivity index (χ0n) is 23.6. The smallest absolute Gasteiger partial charge is 0.407 e. The minimum atomic E-state index is -0.594. The van der Waals surface area contributed by atoms with Gasteiger partial charge in [-0.05, 0) is 64.3 Å². The lowest BCUT2D eigenvalue weighted by Gasteiger charge is -2.34. The number of alkyl carbamates (subject to hydrolysis) is 1. The summed E-state index contributed by atoms with van der Waals surface area (Å²) in [6.45, 7) is 8.77. The number of aryl methyl sites for hydroxylation is 1. The monoisotopic (exact) mass is 545 g/mol. The first kappa shape index (κ1) is 27.1. The van der Waals surface area contributed by atoms with Gasteiger partial charge < -0.3 is 19.4 Å². The summed E-state index contributed by atoms with van der Waals surface area (Å²) in [5.41, 5.74) is 1.02. The van der Waals surface area contributed by atoms with E-state index in [0.717, 1.165) is 23.9 Å². The molecule has 1 unspecified atom stereocenters. The van der Waals surface area contributed by atoms with Crippen LogP contribution in [-0.4, -0.2) is 53.9 Å². The highest BCUT2D eigenvalue weighted by atomic mass is 16.6. The highest BCUT2D eigenvalue weighted by Crippen LogP contribution is 2.24. The van der Waals surface area contributed by atoms with Gasteiger partial charge in [-0.1, -0.05) is 12.0 Å². The number of amides is 1. The fourth-order valence-electron chi connectivity index (χ4n) is 5.18. The van der Waals surface area contributed by atoms with Crippen molar-refractivity contribution < 1.29 is 9.53 Å². The van der Waals surface area contributed by atoms with Crippen LogP contribution in [0.15, 0.2) is 46.2 Å². The maximum atomic E-state index is 13.9. The van der Waals surface area contributed by atoms with Crippen molar-refractivity contribution in [3.8, 4) is 11.8 Å². The third-order valence-electron chi connectivity index (χ3n) is 6.95. The number of rotatable bonds is 5. The first-order valence-electron chi connectivity index (χ1n) is 13.5. The molecule has 0 radical (unpaired) electrons. The first-order valence-corrected chi connectivity index (χ1v) is 13.5. The minimum Gasteiger partial charge on any atom is -0.444 e. The Bertz CT molecular complexity index is 1720. The lowest BCUT2D eigenvalue weighted by atomic mass is 10.1. The van der Waals surface area contributed by atoms with Crippen LogP contribution in [0, 0.1) is 11.8 Å². The molecule has 210 valence electrons. The third-order valence-corrected chi connectivity index (χ3v) is 6.95. The van der Waals surface area contributed by atoms with Gasteiger partial charge >= 0.3 is 11.8 Å². The van der Waals surface area contributed by atoms with E-state index in [0.29, 0.717) is 30.2 Å². The Morgan fingerprint density at radius 3 is 2.75 bits per heavy atom. The lowest BCUT2D eigenvalue weighted by molar-refractivity contribution is 0.0499. The molecule has 11 nitrogen and oxygen atoms in total. The van der Waals surface area contributed by atoms with Crippen molar-refractivity contribution in [1.82, 2.24) is 28.4 Å². The zero-order chi connectivity index (χ0) is 28.6. The van der Waals surface area contributed by atoms with E-state index in [9.17, 15) is 14.4 Å². The van der Waals surface area contributed by atoms with E-state index in [1.54, 1.807) is 18.5 Å².